The van der Waals surface area contributed by atoms with Gasteiger partial charge in [0.2, 0.25) is 11.8 Å². The summed E-state index contributed by atoms with van der Waals surface area (Å²) >= 11 is 0. The first-order chi connectivity index (χ1) is 9.57. The summed E-state index contributed by atoms with van der Waals surface area (Å²) in [5.74, 6) is 0.472. The lowest BCUT2D eigenvalue weighted by Crippen LogP contribution is -2.51. The van der Waals surface area contributed by atoms with Gasteiger partial charge in [0.15, 0.2) is 0 Å². The molecule has 5 heteroatoms. The van der Waals surface area contributed by atoms with Gasteiger partial charge in [-0.15, -0.1) is 0 Å². The van der Waals surface area contributed by atoms with E-state index in [2.05, 4.69) is 12.2 Å². The van der Waals surface area contributed by atoms with E-state index in [1.807, 2.05) is 4.90 Å². The van der Waals surface area contributed by atoms with E-state index in [0.29, 0.717) is 18.2 Å². The van der Waals surface area contributed by atoms with E-state index >= 15 is 0 Å². The molecule has 5 nitrogen and oxygen atoms in total. The molecule has 0 bridgehead atoms. The molecule has 0 radical (unpaired) electrons. The molecule has 2 rings (SSSR count). The van der Waals surface area contributed by atoms with Crippen LogP contribution in [0.1, 0.15) is 45.4 Å². The van der Waals surface area contributed by atoms with Gasteiger partial charge in [0, 0.05) is 19.5 Å². The number of nitrogens with one attached hydrogen (secondary N) is 1. The summed E-state index contributed by atoms with van der Waals surface area (Å²) in [6, 6.07) is 0. The Balaban J connectivity index is 1.92. The Morgan fingerprint density at radius 2 is 1.85 bits per heavy atom. The second kappa shape index (κ2) is 6.57. The lowest BCUT2D eigenvalue weighted by atomic mass is 9.75. The van der Waals surface area contributed by atoms with Crippen LogP contribution in [0.15, 0.2) is 0 Å². The van der Waals surface area contributed by atoms with Crippen molar-refractivity contribution >= 4 is 11.8 Å². The molecule has 0 aromatic heterocycles. The molecule has 2 heterocycles. The Morgan fingerprint density at radius 3 is 2.35 bits per heavy atom. The number of hydrogen-bond donors (Lipinski definition) is 2. The molecule has 2 fully saturated rings. The summed E-state index contributed by atoms with van der Waals surface area (Å²) in [5, 5.41) is 3.34. The van der Waals surface area contributed by atoms with E-state index < -0.39 is 0 Å². The highest BCUT2D eigenvalue weighted by Gasteiger charge is 2.41. The van der Waals surface area contributed by atoms with Gasteiger partial charge in [-0.1, -0.05) is 6.92 Å². The van der Waals surface area contributed by atoms with Crippen LogP contribution in [0.2, 0.25) is 0 Å². The van der Waals surface area contributed by atoms with Gasteiger partial charge >= 0.3 is 0 Å². The van der Waals surface area contributed by atoms with Crippen molar-refractivity contribution in [2.45, 2.75) is 45.4 Å². The van der Waals surface area contributed by atoms with Crippen LogP contribution in [0, 0.1) is 11.3 Å². The topological polar surface area (TPSA) is 75.4 Å². The molecule has 0 unspecified atom stereocenters. The monoisotopic (exact) mass is 281 g/mol. The number of nitrogens with zero attached hydrogens (tertiary/aromatic N) is 1. The standard InChI is InChI=1S/C15H27N3O2/c1-2-15(5-7-17-8-6-15)14(20)18-9-3-12(4-10-18)11-13(16)19/h12,17H,2-11H2,1H3,(H2,16,19). The van der Waals surface area contributed by atoms with E-state index in [1.54, 1.807) is 0 Å². The highest BCUT2D eigenvalue weighted by atomic mass is 16.2. The molecule has 114 valence electrons. The summed E-state index contributed by atoms with van der Waals surface area (Å²) in [7, 11) is 0. The number of carbonyl (C=O) groups excluding carboxylic acids is 2. The van der Waals surface area contributed by atoms with Crippen molar-refractivity contribution in [1.82, 2.24) is 10.2 Å². The lowest BCUT2D eigenvalue weighted by molar-refractivity contribution is -0.145. The van der Waals surface area contributed by atoms with Crippen molar-refractivity contribution < 1.29 is 9.59 Å². The van der Waals surface area contributed by atoms with Gasteiger partial charge in [-0.3, -0.25) is 9.59 Å². The Kier molecular flexibility index (Phi) is 5.02. The summed E-state index contributed by atoms with van der Waals surface area (Å²) < 4.78 is 0. The quantitative estimate of drug-likeness (QED) is 0.803. The van der Waals surface area contributed by atoms with Crippen molar-refractivity contribution in [3.63, 3.8) is 0 Å². The molecule has 0 aromatic carbocycles. The fourth-order valence-electron chi connectivity index (χ4n) is 3.58. The molecule has 0 saturated carbocycles. The molecule has 20 heavy (non-hydrogen) atoms. The number of piperidine rings is 2. The van der Waals surface area contributed by atoms with Gasteiger partial charge in [-0.25, -0.2) is 0 Å². The summed E-state index contributed by atoms with van der Waals surface area (Å²) in [6.07, 6.45) is 5.10. The predicted octanol–water partition coefficient (Wildman–Crippen LogP) is 0.880. The molecule has 2 amide bonds. The summed E-state index contributed by atoms with van der Waals surface area (Å²) in [4.78, 5) is 25.8. The minimum atomic E-state index is -0.224. The molecule has 0 aromatic rings. The first-order valence-corrected chi connectivity index (χ1v) is 7.86. The number of hydrogen-bond acceptors (Lipinski definition) is 3. The molecule has 0 aliphatic carbocycles. The molecule has 3 N–H and O–H groups in total. The first kappa shape index (κ1) is 15.3. The van der Waals surface area contributed by atoms with Gasteiger partial charge in [-0.05, 0) is 51.1 Å². The molecule has 0 atom stereocenters. The third-order valence-corrected chi connectivity index (χ3v) is 5.08. The van der Waals surface area contributed by atoms with E-state index in [-0.39, 0.29) is 11.3 Å². The van der Waals surface area contributed by atoms with Crippen molar-refractivity contribution in [2.75, 3.05) is 26.2 Å². The van der Waals surface area contributed by atoms with Crippen molar-refractivity contribution in [3.8, 4) is 0 Å². The van der Waals surface area contributed by atoms with Crippen LogP contribution in [0.4, 0.5) is 0 Å². The number of rotatable bonds is 4. The largest absolute Gasteiger partial charge is 0.370 e. The Morgan fingerprint density at radius 1 is 1.25 bits per heavy atom. The number of nitrogens with two attached hydrogens (primary N) is 1. The molecular weight excluding hydrogens is 254 g/mol. The zero-order valence-electron chi connectivity index (χ0n) is 12.5. The second-order valence-corrected chi connectivity index (χ2v) is 6.29. The van der Waals surface area contributed by atoms with Crippen LogP contribution in [0.25, 0.3) is 0 Å². The van der Waals surface area contributed by atoms with Gasteiger partial charge in [0.1, 0.15) is 0 Å². The fraction of sp³-hybridized carbons (Fsp3) is 0.867. The maximum absolute atomic E-state index is 12.8. The smallest absolute Gasteiger partial charge is 0.228 e. The Bertz CT molecular complexity index is 356. The zero-order valence-corrected chi connectivity index (χ0v) is 12.5. The average Bonchev–Trinajstić information content (AvgIpc) is 2.47. The fourth-order valence-corrected chi connectivity index (χ4v) is 3.58. The van der Waals surface area contributed by atoms with Crippen LogP contribution in [-0.2, 0) is 9.59 Å². The third kappa shape index (κ3) is 3.32. The number of amides is 2. The van der Waals surface area contributed by atoms with Gasteiger partial charge < -0.3 is 16.0 Å². The highest BCUT2D eigenvalue weighted by molar-refractivity contribution is 5.83. The van der Waals surface area contributed by atoms with Crippen LogP contribution < -0.4 is 11.1 Å². The number of likely N-dealkylation sites (tertiary alicyclic amines) is 1. The Hall–Kier alpha value is -1.10. The average molecular weight is 281 g/mol. The van der Waals surface area contributed by atoms with E-state index in [4.69, 9.17) is 5.73 Å². The lowest BCUT2D eigenvalue weighted by Gasteiger charge is -2.42. The molecule has 2 aliphatic rings. The summed E-state index contributed by atoms with van der Waals surface area (Å²) in [6.45, 7) is 5.58. The predicted molar refractivity (Wildman–Crippen MR) is 77.9 cm³/mol. The maximum atomic E-state index is 12.8. The molecule has 2 aliphatic heterocycles. The van der Waals surface area contributed by atoms with Gasteiger partial charge in [-0.2, -0.15) is 0 Å². The Labute approximate surface area is 121 Å². The van der Waals surface area contributed by atoms with Crippen LogP contribution in [0.3, 0.4) is 0 Å². The van der Waals surface area contributed by atoms with E-state index in [1.165, 1.54) is 0 Å². The van der Waals surface area contributed by atoms with Crippen molar-refractivity contribution in [3.05, 3.63) is 0 Å². The van der Waals surface area contributed by atoms with Crippen LogP contribution in [-0.4, -0.2) is 42.9 Å². The third-order valence-electron chi connectivity index (χ3n) is 5.08. The molecular formula is C15H27N3O2. The SMILES string of the molecule is CCC1(C(=O)N2CCC(CC(N)=O)CC2)CCNCC1. The van der Waals surface area contributed by atoms with Crippen molar-refractivity contribution in [2.24, 2.45) is 17.1 Å². The van der Waals surface area contributed by atoms with Gasteiger partial charge in [0.05, 0.1) is 5.41 Å². The normalized spacial score (nSPS) is 23.6. The van der Waals surface area contributed by atoms with E-state index in [9.17, 15) is 9.59 Å². The van der Waals surface area contributed by atoms with Gasteiger partial charge in [0.25, 0.3) is 0 Å². The minimum absolute atomic E-state index is 0.151. The van der Waals surface area contributed by atoms with E-state index in [0.717, 1.165) is 58.3 Å². The zero-order chi connectivity index (χ0) is 14.6. The number of carbonyl (C=O) groups is 2. The van der Waals surface area contributed by atoms with Crippen LogP contribution in [0.5, 0.6) is 0 Å². The maximum Gasteiger partial charge on any atom is 0.228 e. The van der Waals surface area contributed by atoms with Crippen molar-refractivity contribution in [1.29, 1.82) is 0 Å². The second-order valence-electron chi connectivity index (χ2n) is 6.29. The highest BCUT2D eigenvalue weighted by Crippen LogP contribution is 2.36. The molecule has 0 spiro atoms. The minimum Gasteiger partial charge on any atom is -0.370 e. The number of primary amides is 1. The molecule has 2 saturated heterocycles. The van der Waals surface area contributed by atoms with Crippen LogP contribution >= 0.6 is 0 Å². The summed E-state index contributed by atoms with van der Waals surface area (Å²) in [5.41, 5.74) is 5.10. The first-order valence-electron chi connectivity index (χ1n) is 7.86.